The maximum Gasteiger partial charge on any atom is 0.121 e. The summed E-state index contributed by atoms with van der Waals surface area (Å²) in [4.78, 5) is 2.65. The molecule has 0 aliphatic carbocycles. The number of nitrogens with one attached hydrogen (secondary N) is 1. The lowest BCUT2D eigenvalue weighted by Gasteiger charge is -2.11. The minimum Gasteiger partial charge on any atom is -0.298 e. The highest BCUT2D eigenvalue weighted by molar-refractivity contribution is 5.35. The summed E-state index contributed by atoms with van der Waals surface area (Å²) in [5.74, 6) is 0. The molecule has 0 heterocycles. The summed E-state index contributed by atoms with van der Waals surface area (Å²) in [7, 11) is 0. The molecule has 6 nitrogen and oxygen atoms in total. The van der Waals surface area contributed by atoms with Gasteiger partial charge in [-0.25, -0.2) is 0 Å². The van der Waals surface area contributed by atoms with Crippen LogP contribution in [0.1, 0.15) is 23.6 Å². The van der Waals surface area contributed by atoms with Crippen molar-refractivity contribution in [2.75, 3.05) is 13.1 Å². The maximum absolute atomic E-state index is 9.07. The predicted molar refractivity (Wildman–Crippen MR) is 66.1 cm³/mol. The van der Waals surface area contributed by atoms with Gasteiger partial charge in [0.05, 0.1) is 17.7 Å². The molecule has 0 spiro atoms. The molecular formula is C12H12N6. The van der Waals surface area contributed by atoms with Crippen LogP contribution in [0.4, 0.5) is 0 Å². The highest BCUT2D eigenvalue weighted by Crippen LogP contribution is 2.13. The number of rotatable bonds is 6. The molecule has 1 unspecified atom stereocenters. The van der Waals surface area contributed by atoms with Crippen molar-refractivity contribution in [2.24, 2.45) is 5.11 Å². The second-order valence-electron chi connectivity index (χ2n) is 3.56. The van der Waals surface area contributed by atoms with Crippen LogP contribution < -0.4 is 5.32 Å². The van der Waals surface area contributed by atoms with Crippen molar-refractivity contribution < 1.29 is 0 Å². The fourth-order valence-electron chi connectivity index (χ4n) is 1.47. The van der Waals surface area contributed by atoms with Crippen molar-refractivity contribution in [3.05, 3.63) is 45.8 Å². The Labute approximate surface area is 105 Å². The van der Waals surface area contributed by atoms with Crippen molar-refractivity contribution in [1.29, 1.82) is 10.5 Å². The Bertz CT molecular complexity index is 518. The second-order valence-corrected chi connectivity index (χ2v) is 3.56. The minimum atomic E-state index is -0.454. The normalized spacial score (nSPS) is 10.8. The zero-order valence-corrected chi connectivity index (χ0v) is 9.74. The smallest absolute Gasteiger partial charge is 0.121 e. The Hall–Kier alpha value is -2.53. The lowest BCUT2D eigenvalue weighted by atomic mass is 10.1. The van der Waals surface area contributed by atoms with Gasteiger partial charge < -0.3 is 0 Å². The van der Waals surface area contributed by atoms with E-state index in [1.165, 1.54) is 0 Å². The summed E-state index contributed by atoms with van der Waals surface area (Å²) in [5.41, 5.74) is 9.41. The van der Waals surface area contributed by atoms with Gasteiger partial charge in [-0.15, -0.1) is 0 Å². The summed E-state index contributed by atoms with van der Waals surface area (Å²) in [5, 5.41) is 24.3. The molecule has 0 radical (unpaired) electrons. The highest BCUT2D eigenvalue weighted by atomic mass is 15.1. The molecule has 90 valence electrons. The van der Waals surface area contributed by atoms with Crippen molar-refractivity contribution >= 4 is 0 Å². The van der Waals surface area contributed by atoms with Gasteiger partial charge in [0, 0.05) is 11.5 Å². The number of nitriles is 2. The molecule has 0 saturated heterocycles. The number of hydrogen-bond acceptors (Lipinski definition) is 4. The van der Waals surface area contributed by atoms with Crippen molar-refractivity contribution in [3.63, 3.8) is 0 Å². The van der Waals surface area contributed by atoms with Crippen LogP contribution in [0, 0.1) is 22.7 Å². The molecule has 1 atom stereocenters. The van der Waals surface area contributed by atoms with Gasteiger partial charge in [-0.3, -0.25) is 5.32 Å². The van der Waals surface area contributed by atoms with E-state index < -0.39 is 6.04 Å². The Morgan fingerprint density at radius 3 is 2.94 bits per heavy atom. The Balaban J connectivity index is 2.58. The lowest BCUT2D eigenvalue weighted by molar-refractivity contribution is 0.607. The quantitative estimate of drug-likeness (QED) is 0.357. The standard InChI is InChI=1S/C12H12N6/c13-8-10-3-1-4-11(7-10)12(9-14)16-5-2-6-17-18-15/h1,3-4,7,12,16H,2,5-6H2. The molecule has 1 aromatic carbocycles. The molecule has 0 bridgehead atoms. The van der Waals surface area contributed by atoms with Crippen LogP contribution in [0.25, 0.3) is 10.4 Å². The summed E-state index contributed by atoms with van der Waals surface area (Å²) >= 11 is 0. The van der Waals surface area contributed by atoms with Crippen LogP contribution in [-0.2, 0) is 0 Å². The van der Waals surface area contributed by atoms with Gasteiger partial charge >= 0.3 is 0 Å². The topological polar surface area (TPSA) is 108 Å². The molecule has 0 aliphatic heterocycles. The van der Waals surface area contributed by atoms with E-state index in [1.54, 1.807) is 24.3 Å². The molecule has 1 aromatic rings. The SMILES string of the molecule is N#Cc1cccc(C(C#N)NCCCN=[N+]=[N-])c1. The molecule has 6 heteroatoms. The van der Waals surface area contributed by atoms with Crippen LogP contribution >= 0.6 is 0 Å². The van der Waals surface area contributed by atoms with E-state index in [0.29, 0.717) is 25.1 Å². The first-order chi connectivity index (χ1) is 8.81. The van der Waals surface area contributed by atoms with Crippen molar-refractivity contribution in [1.82, 2.24) is 5.32 Å². The van der Waals surface area contributed by atoms with E-state index in [1.807, 2.05) is 6.07 Å². The van der Waals surface area contributed by atoms with Crippen LogP contribution in [0.15, 0.2) is 29.4 Å². The predicted octanol–water partition coefficient (Wildman–Crippen LogP) is 2.41. The molecule has 1 N–H and O–H groups in total. The largest absolute Gasteiger partial charge is 0.298 e. The zero-order valence-electron chi connectivity index (χ0n) is 9.74. The van der Waals surface area contributed by atoms with E-state index in [-0.39, 0.29) is 0 Å². The minimum absolute atomic E-state index is 0.403. The lowest BCUT2D eigenvalue weighted by Crippen LogP contribution is -2.21. The van der Waals surface area contributed by atoms with Crippen LogP contribution in [-0.4, -0.2) is 13.1 Å². The monoisotopic (exact) mass is 240 g/mol. The van der Waals surface area contributed by atoms with E-state index in [0.717, 1.165) is 5.56 Å². The van der Waals surface area contributed by atoms with Crippen molar-refractivity contribution in [2.45, 2.75) is 12.5 Å². The van der Waals surface area contributed by atoms with Gasteiger partial charge in [0.2, 0.25) is 0 Å². The molecule has 0 amide bonds. The summed E-state index contributed by atoms with van der Waals surface area (Å²) in [6, 6.07) is 10.7. The number of azide groups is 1. The molecule has 0 saturated carbocycles. The van der Waals surface area contributed by atoms with E-state index >= 15 is 0 Å². The molecule has 0 aliphatic rings. The van der Waals surface area contributed by atoms with Crippen LogP contribution in [0.5, 0.6) is 0 Å². The Morgan fingerprint density at radius 2 is 2.28 bits per heavy atom. The van der Waals surface area contributed by atoms with Gasteiger partial charge in [-0.1, -0.05) is 17.2 Å². The van der Waals surface area contributed by atoms with Crippen LogP contribution in [0.3, 0.4) is 0 Å². The number of benzene rings is 1. The van der Waals surface area contributed by atoms with E-state index in [4.69, 9.17) is 16.1 Å². The molecule has 0 fully saturated rings. The Kier molecular flexibility index (Phi) is 5.79. The number of nitrogens with zero attached hydrogens (tertiary/aromatic N) is 5. The third-order valence-corrected chi connectivity index (χ3v) is 2.32. The summed E-state index contributed by atoms with van der Waals surface area (Å²) in [6.07, 6.45) is 0.667. The summed E-state index contributed by atoms with van der Waals surface area (Å²) in [6.45, 7) is 0.980. The average Bonchev–Trinajstić information content (AvgIpc) is 2.43. The average molecular weight is 240 g/mol. The third kappa shape index (κ3) is 4.15. The maximum atomic E-state index is 9.07. The van der Waals surface area contributed by atoms with Gasteiger partial charge in [-0.05, 0) is 36.2 Å². The fourth-order valence-corrected chi connectivity index (χ4v) is 1.47. The first-order valence-electron chi connectivity index (χ1n) is 5.45. The zero-order chi connectivity index (χ0) is 13.2. The van der Waals surface area contributed by atoms with Crippen molar-refractivity contribution in [3.8, 4) is 12.1 Å². The molecule has 18 heavy (non-hydrogen) atoms. The highest BCUT2D eigenvalue weighted by Gasteiger charge is 2.09. The van der Waals surface area contributed by atoms with Gasteiger partial charge in [0.1, 0.15) is 6.04 Å². The van der Waals surface area contributed by atoms with E-state index in [2.05, 4.69) is 21.4 Å². The summed E-state index contributed by atoms with van der Waals surface area (Å²) < 4.78 is 0. The van der Waals surface area contributed by atoms with Crippen LogP contribution in [0.2, 0.25) is 0 Å². The van der Waals surface area contributed by atoms with Gasteiger partial charge in [0.15, 0.2) is 0 Å². The van der Waals surface area contributed by atoms with Gasteiger partial charge in [0.25, 0.3) is 0 Å². The number of hydrogen-bond donors (Lipinski definition) is 1. The van der Waals surface area contributed by atoms with E-state index in [9.17, 15) is 0 Å². The third-order valence-electron chi connectivity index (χ3n) is 2.32. The molecule has 0 aromatic heterocycles. The fraction of sp³-hybridized carbons (Fsp3) is 0.333. The molecular weight excluding hydrogens is 228 g/mol. The first-order valence-corrected chi connectivity index (χ1v) is 5.45. The van der Waals surface area contributed by atoms with Gasteiger partial charge in [-0.2, -0.15) is 10.5 Å². The Morgan fingerprint density at radius 1 is 1.44 bits per heavy atom. The first kappa shape index (κ1) is 13.5. The second kappa shape index (κ2) is 7.70. The molecule has 1 rings (SSSR count).